The molecule has 178 valence electrons. The van der Waals surface area contributed by atoms with Crippen LogP contribution in [0.15, 0.2) is 54.6 Å². The van der Waals surface area contributed by atoms with Crippen molar-refractivity contribution >= 4 is 11.6 Å². The molecule has 0 aliphatic heterocycles. The number of amides is 1. The molecule has 1 amide bonds. The van der Waals surface area contributed by atoms with Crippen LogP contribution in [0.2, 0.25) is 0 Å². The van der Waals surface area contributed by atoms with Gasteiger partial charge in [0.15, 0.2) is 0 Å². The van der Waals surface area contributed by atoms with Gasteiger partial charge >= 0.3 is 25.8 Å². The maximum absolute atomic E-state index is 13.3. The first-order valence-electron chi connectivity index (χ1n) is 10.6. The van der Waals surface area contributed by atoms with Crippen LogP contribution in [-0.4, -0.2) is 29.0 Å². The van der Waals surface area contributed by atoms with Gasteiger partial charge in [0, 0.05) is 24.2 Å². The number of hydrogen-bond donors (Lipinski definition) is 1. The average Bonchev–Trinajstić information content (AvgIpc) is 2.72. The molecule has 5 heteroatoms. The van der Waals surface area contributed by atoms with Gasteiger partial charge in [-0.3, -0.25) is 4.79 Å². The Labute approximate surface area is 225 Å². The molecule has 0 saturated heterocycles. The van der Waals surface area contributed by atoms with Crippen molar-refractivity contribution < 1.29 is 35.7 Å². The second-order valence-electron chi connectivity index (χ2n) is 8.31. The molecular formula is C29H37HfN2O2+. The third-order valence-corrected chi connectivity index (χ3v) is 5.47. The molecule has 4 nitrogen and oxygen atoms in total. The summed E-state index contributed by atoms with van der Waals surface area (Å²) >= 11 is 0. The molecule has 0 aliphatic carbocycles. The maximum atomic E-state index is 13.3. The first-order valence-corrected chi connectivity index (χ1v) is 10.6. The van der Waals surface area contributed by atoms with Gasteiger partial charge in [-0.1, -0.05) is 64.7 Å². The van der Waals surface area contributed by atoms with E-state index in [9.17, 15) is 9.90 Å². The molecule has 0 aromatic heterocycles. The smallest absolute Gasteiger partial charge is 0.683 e. The topological polar surface area (TPSA) is 54.6 Å². The van der Waals surface area contributed by atoms with E-state index in [2.05, 4.69) is 32.9 Å². The standard InChI is InChI=1S/C27H31N2O2.2CH3.Hf/c1-18-13-20(3)25(21(4)14-18)28-11-12-29(27(31)23-9-7-6-8-10-23)17-24-16-19(2)15-22(5)26(24)30;;;/h6-10,13-16,30H,11-12,17H2,1-5H3;2*1H3;/q3*-1;+4. The molecule has 0 aliphatic rings. The summed E-state index contributed by atoms with van der Waals surface area (Å²) in [6.07, 6.45) is 0. The molecular weight excluding hydrogens is 587 g/mol. The van der Waals surface area contributed by atoms with Crippen molar-refractivity contribution in [3.63, 3.8) is 0 Å². The number of rotatable bonds is 7. The number of nitrogens with zero attached hydrogens (tertiary/aromatic N) is 2. The fourth-order valence-electron chi connectivity index (χ4n) is 4.09. The van der Waals surface area contributed by atoms with Gasteiger partial charge in [0.1, 0.15) is 5.75 Å². The zero-order valence-electron chi connectivity index (χ0n) is 21.6. The Kier molecular flexibility index (Phi) is 13.1. The number of aromatic hydroxyl groups is 1. The number of carbonyl (C=O) groups excluding carboxylic acids is 1. The van der Waals surface area contributed by atoms with Gasteiger partial charge in [-0.05, 0) is 52.3 Å². The van der Waals surface area contributed by atoms with E-state index in [4.69, 9.17) is 5.32 Å². The van der Waals surface area contributed by atoms with Crippen LogP contribution in [0.3, 0.4) is 0 Å². The van der Waals surface area contributed by atoms with E-state index in [1.54, 1.807) is 4.90 Å². The van der Waals surface area contributed by atoms with Crippen molar-refractivity contribution in [1.29, 1.82) is 0 Å². The van der Waals surface area contributed by atoms with Gasteiger partial charge in [0.25, 0.3) is 5.91 Å². The monoisotopic (exact) mass is 625 g/mol. The van der Waals surface area contributed by atoms with Gasteiger partial charge in [-0.2, -0.15) is 0 Å². The molecule has 34 heavy (non-hydrogen) atoms. The summed E-state index contributed by atoms with van der Waals surface area (Å²) in [6.45, 7) is 11.4. The van der Waals surface area contributed by atoms with E-state index in [0.29, 0.717) is 25.2 Å². The maximum Gasteiger partial charge on any atom is 4.00 e. The molecule has 0 radical (unpaired) electrons. The summed E-state index contributed by atoms with van der Waals surface area (Å²) < 4.78 is 0. The van der Waals surface area contributed by atoms with E-state index in [0.717, 1.165) is 33.5 Å². The van der Waals surface area contributed by atoms with Crippen LogP contribution < -0.4 is 0 Å². The molecule has 0 fully saturated rings. The quantitative estimate of drug-likeness (QED) is 0.224. The Bertz CT molecular complexity index is 1060. The van der Waals surface area contributed by atoms with Crippen molar-refractivity contribution in [2.24, 2.45) is 0 Å². The van der Waals surface area contributed by atoms with Gasteiger partial charge in [-0.25, -0.2) is 0 Å². The van der Waals surface area contributed by atoms with Crippen LogP contribution in [0.1, 0.15) is 43.7 Å². The van der Waals surface area contributed by atoms with E-state index < -0.39 is 0 Å². The molecule has 3 aromatic rings. The minimum Gasteiger partial charge on any atom is -0.683 e. The van der Waals surface area contributed by atoms with Crippen molar-refractivity contribution in [3.8, 4) is 5.75 Å². The normalized spacial score (nSPS) is 9.79. The zero-order chi connectivity index (χ0) is 22.5. The van der Waals surface area contributed by atoms with Crippen LogP contribution in [0.4, 0.5) is 5.69 Å². The molecule has 0 bridgehead atoms. The first kappa shape index (κ1) is 31.6. The average molecular weight is 624 g/mol. The fourth-order valence-corrected chi connectivity index (χ4v) is 4.09. The molecule has 3 aromatic carbocycles. The van der Waals surface area contributed by atoms with Crippen LogP contribution >= 0.6 is 0 Å². The predicted octanol–water partition coefficient (Wildman–Crippen LogP) is 7.18. The predicted molar refractivity (Wildman–Crippen MR) is 140 cm³/mol. The summed E-state index contributed by atoms with van der Waals surface area (Å²) in [5.41, 5.74) is 7.77. The number of phenolic OH excluding ortho intramolecular Hbond substituents is 1. The van der Waals surface area contributed by atoms with Crippen LogP contribution in [-0.2, 0) is 32.4 Å². The number of aryl methyl sites for hydroxylation is 5. The Morgan fingerprint density at radius 1 is 0.853 bits per heavy atom. The summed E-state index contributed by atoms with van der Waals surface area (Å²) in [5, 5.41) is 15.4. The number of benzene rings is 3. The van der Waals surface area contributed by atoms with Gasteiger partial charge in [0.2, 0.25) is 0 Å². The molecule has 0 saturated carbocycles. The van der Waals surface area contributed by atoms with Crippen LogP contribution in [0, 0.1) is 49.5 Å². The number of carbonyl (C=O) groups is 1. The Morgan fingerprint density at radius 2 is 1.38 bits per heavy atom. The number of hydrogen-bond acceptors (Lipinski definition) is 2. The minimum absolute atomic E-state index is 0. The van der Waals surface area contributed by atoms with E-state index in [1.165, 1.54) is 5.56 Å². The molecule has 0 unspecified atom stereocenters. The van der Waals surface area contributed by atoms with Gasteiger partial charge in [0.05, 0.1) is 0 Å². The first-order chi connectivity index (χ1) is 14.8. The van der Waals surface area contributed by atoms with Crippen LogP contribution in [0.5, 0.6) is 5.75 Å². The van der Waals surface area contributed by atoms with Gasteiger partial charge in [-0.15, -0.1) is 12.2 Å². The summed E-state index contributed by atoms with van der Waals surface area (Å²) in [6, 6.07) is 17.4. The Balaban J connectivity index is 0.00000363. The third kappa shape index (κ3) is 7.83. The minimum atomic E-state index is -0.0632. The Hall–Kier alpha value is -2.40. The fraction of sp³-hybridized carbons (Fsp3) is 0.276. The van der Waals surface area contributed by atoms with Crippen molar-refractivity contribution in [2.45, 2.75) is 41.2 Å². The van der Waals surface area contributed by atoms with Crippen molar-refractivity contribution in [3.05, 3.63) is 114 Å². The van der Waals surface area contributed by atoms with E-state index in [-0.39, 0.29) is 52.4 Å². The zero-order valence-corrected chi connectivity index (χ0v) is 25.2. The third-order valence-electron chi connectivity index (χ3n) is 5.47. The Morgan fingerprint density at radius 3 is 1.97 bits per heavy atom. The second-order valence-corrected chi connectivity index (χ2v) is 8.31. The molecule has 0 spiro atoms. The number of phenols is 1. The van der Waals surface area contributed by atoms with Crippen LogP contribution in [0.25, 0.3) is 5.32 Å². The molecule has 0 atom stereocenters. The molecule has 1 N–H and O–H groups in total. The molecule has 3 rings (SSSR count). The second kappa shape index (κ2) is 14.1. The summed E-state index contributed by atoms with van der Waals surface area (Å²) in [5.74, 6) is 0.185. The van der Waals surface area contributed by atoms with E-state index >= 15 is 0 Å². The van der Waals surface area contributed by atoms with Crippen molar-refractivity contribution in [2.75, 3.05) is 13.1 Å². The SMILES string of the molecule is Cc1cc(C)c([N-]CCN(Cc2cc(C)cc(C)c2O)C(=O)c2ccccc2)c(C)c1.[CH3-].[CH3-].[Hf+4]. The van der Waals surface area contributed by atoms with Crippen molar-refractivity contribution in [1.82, 2.24) is 4.90 Å². The molecule has 0 heterocycles. The summed E-state index contributed by atoms with van der Waals surface area (Å²) in [4.78, 5) is 15.0. The summed E-state index contributed by atoms with van der Waals surface area (Å²) in [7, 11) is 0. The largest absolute Gasteiger partial charge is 4.00 e. The van der Waals surface area contributed by atoms with Gasteiger partial charge < -0.3 is 30.2 Å². The van der Waals surface area contributed by atoms with E-state index in [1.807, 2.05) is 56.3 Å².